The molecule has 9 heavy (non-hydrogen) atoms. The number of hydrogen-bond acceptors (Lipinski definition) is 2. The van der Waals surface area contributed by atoms with Gasteiger partial charge in [0.2, 0.25) is 0 Å². The van der Waals surface area contributed by atoms with E-state index in [-0.39, 0.29) is 5.66 Å². The summed E-state index contributed by atoms with van der Waals surface area (Å²) in [6, 6.07) is 0. The van der Waals surface area contributed by atoms with Gasteiger partial charge in [-0.1, -0.05) is 0 Å². The first kappa shape index (κ1) is 6.97. The van der Waals surface area contributed by atoms with Crippen molar-refractivity contribution in [3.05, 3.63) is 0 Å². The summed E-state index contributed by atoms with van der Waals surface area (Å²) < 4.78 is 0. The zero-order valence-electron chi connectivity index (χ0n) is 5.05. The minimum atomic E-state index is -0.652. The van der Waals surface area contributed by atoms with Crippen molar-refractivity contribution in [1.82, 2.24) is 5.09 Å². The van der Waals surface area contributed by atoms with Crippen molar-refractivity contribution in [3.8, 4) is 0 Å². The fraction of sp³-hybridized carbons (Fsp3) is 0.800. The third-order valence-corrected chi connectivity index (χ3v) is 2.71. The molecule has 1 fully saturated rings. The van der Waals surface area contributed by atoms with Gasteiger partial charge in [0.25, 0.3) is 0 Å². The lowest BCUT2D eigenvalue weighted by Gasteiger charge is -2.17. The number of carbonyl (C=O) groups is 1. The lowest BCUT2D eigenvalue weighted by Crippen LogP contribution is -2.25. The van der Waals surface area contributed by atoms with Crippen LogP contribution < -0.4 is 5.09 Å². The Morgan fingerprint density at radius 3 is 2.89 bits per heavy atom. The van der Waals surface area contributed by atoms with Crippen LogP contribution >= 0.6 is 8.73 Å². The lowest BCUT2D eigenvalue weighted by molar-refractivity contribution is -0.136. The molecule has 52 valence electrons. The molecule has 2 unspecified atom stereocenters. The molecule has 4 heteroatoms. The van der Waals surface area contributed by atoms with Gasteiger partial charge in [-0.25, -0.2) is 0 Å². The molecule has 0 saturated carbocycles. The van der Waals surface area contributed by atoms with Crippen molar-refractivity contribution in [3.63, 3.8) is 0 Å². The van der Waals surface area contributed by atoms with Crippen molar-refractivity contribution < 1.29 is 9.90 Å². The molecule has 0 spiro atoms. The highest BCUT2D eigenvalue weighted by molar-refractivity contribution is 7.38. The molecule has 3 nitrogen and oxygen atoms in total. The van der Waals surface area contributed by atoms with Crippen LogP contribution in [0.3, 0.4) is 0 Å². The van der Waals surface area contributed by atoms with E-state index in [9.17, 15) is 4.79 Å². The fourth-order valence-corrected chi connectivity index (χ4v) is 1.89. The second-order valence-electron chi connectivity index (χ2n) is 2.10. The predicted octanol–water partition coefficient (Wildman–Crippen LogP) is 0.416. The number of aliphatic carboxylic acids is 1. The Hall–Kier alpha value is -0.140. The Labute approximate surface area is 55.7 Å². The normalized spacial score (nSPS) is 30.4. The molecule has 0 amide bonds. The monoisotopic (exact) mass is 147 g/mol. The Balaban J connectivity index is 2.31. The Kier molecular flexibility index (Phi) is 2.43. The van der Waals surface area contributed by atoms with E-state index in [0.717, 1.165) is 19.4 Å². The van der Waals surface area contributed by atoms with Gasteiger partial charge in [0, 0.05) is 0 Å². The molecule has 2 N–H and O–H groups in total. The standard InChI is InChI=1S/C5H10NO2P/c7-5(8)4-2-1-3-6-9-4/h4,6,9H,1-3H2,(H,7,8). The minimum absolute atomic E-state index is 0.112. The van der Waals surface area contributed by atoms with Crippen LogP contribution in [0.4, 0.5) is 0 Å². The maximum absolute atomic E-state index is 10.3. The van der Waals surface area contributed by atoms with Crippen LogP contribution in [-0.2, 0) is 4.79 Å². The van der Waals surface area contributed by atoms with Crippen LogP contribution in [0.25, 0.3) is 0 Å². The maximum atomic E-state index is 10.3. The van der Waals surface area contributed by atoms with Gasteiger partial charge in [0.15, 0.2) is 0 Å². The SMILES string of the molecule is O=C(O)C1CCCNP1. The average molecular weight is 147 g/mol. The van der Waals surface area contributed by atoms with Crippen molar-refractivity contribution >= 4 is 14.7 Å². The van der Waals surface area contributed by atoms with Gasteiger partial charge < -0.3 is 5.11 Å². The molecule has 0 bridgehead atoms. The van der Waals surface area contributed by atoms with Crippen LogP contribution in [0.5, 0.6) is 0 Å². The molecule has 1 aliphatic rings. The maximum Gasteiger partial charge on any atom is 0.311 e. The third-order valence-electron chi connectivity index (χ3n) is 1.37. The summed E-state index contributed by atoms with van der Waals surface area (Å²) in [4.78, 5) is 10.3. The summed E-state index contributed by atoms with van der Waals surface area (Å²) >= 11 is 0. The first-order valence-corrected chi connectivity index (χ1v) is 4.09. The first-order chi connectivity index (χ1) is 4.30. The fourth-order valence-electron chi connectivity index (χ4n) is 0.847. The summed E-state index contributed by atoms with van der Waals surface area (Å²) in [5.74, 6) is -0.652. The van der Waals surface area contributed by atoms with E-state index in [1.165, 1.54) is 0 Å². The average Bonchev–Trinajstić information content (AvgIpc) is 1.90. The highest BCUT2D eigenvalue weighted by Crippen LogP contribution is 2.23. The number of carboxylic acids is 1. The molecule has 1 saturated heterocycles. The predicted molar refractivity (Wildman–Crippen MR) is 37.0 cm³/mol. The molecule has 0 radical (unpaired) electrons. The largest absolute Gasteiger partial charge is 0.481 e. The third kappa shape index (κ3) is 1.92. The summed E-state index contributed by atoms with van der Waals surface area (Å²) in [6.45, 7) is 0.988. The molecule has 2 atom stereocenters. The highest BCUT2D eigenvalue weighted by Gasteiger charge is 2.19. The zero-order chi connectivity index (χ0) is 6.69. The highest BCUT2D eigenvalue weighted by atomic mass is 31.1. The van der Waals surface area contributed by atoms with Crippen molar-refractivity contribution in [2.75, 3.05) is 6.54 Å². The number of hydrogen-bond donors (Lipinski definition) is 2. The van der Waals surface area contributed by atoms with Crippen LogP contribution in [0, 0.1) is 0 Å². The first-order valence-electron chi connectivity index (χ1n) is 3.02. The molecule has 1 heterocycles. The van der Waals surface area contributed by atoms with Crippen LogP contribution in [-0.4, -0.2) is 23.3 Å². The van der Waals surface area contributed by atoms with Crippen molar-refractivity contribution in [2.24, 2.45) is 0 Å². The van der Waals surface area contributed by atoms with Gasteiger partial charge in [0.1, 0.15) is 0 Å². The van der Waals surface area contributed by atoms with E-state index in [1.807, 2.05) is 0 Å². The van der Waals surface area contributed by atoms with Gasteiger partial charge in [-0.05, 0) is 28.1 Å². The van der Waals surface area contributed by atoms with Gasteiger partial charge in [-0.2, -0.15) is 0 Å². The molecule has 0 aromatic carbocycles. The minimum Gasteiger partial charge on any atom is -0.481 e. The van der Waals surface area contributed by atoms with Gasteiger partial charge in [-0.15, -0.1) is 0 Å². The number of nitrogens with one attached hydrogen (secondary N) is 1. The summed E-state index contributed by atoms with van der Waals surface area (Å²) in [7, 11) is 0.424. The quantitative estimate of drug-likeness (QED) is 0.528. The van der Waals surface area contributed by atoms with E-state index >= 15 is 0 Å². The topological polar surface area (TPSA) is 49.3 Å². The van der Waals surface area contributed by atoms with Crippen molar-refractivity contribution in [1.29, 1.82) is 0 Å². The van der Waals surface area contributed by atoms with Gasteiger partial charge >= 0.3 is 5.97 Å². The second kappa shape index (κ2) is 3.14. The van der Waals surface area contributed by atoms with Crippen LogP contribution in [0.15, 0.2) is 0 Å². The van der Waals surface area contributed by atoms with Gasteiger partial charge in [-0.3, -0.25) is 9.88 Å². The van der Waals surface area contributed by atoms with Crippen molar-refractivity contribution in [2.45, 2.75) is 18.5 Å². The Bertz CT molecular complexity index is 112. The molecule has 0 aliphatic carbocycles. The van der Waals surface area contributed by atoms with E-state index < -0.39 is 5.97 Å². The van der Waals surface area contributed by atoms with E-state index in [2.05, 4.69) is 5.09 Å². The molecule has 1 rings (SSSR count). The van der Waals surface area contributed by atoms with E-state index in [0.29, 0.717) is 8.73 Å². The summed E-state index contributed by atoms with van der Waals surface area (Å²) in [6.07, 6.45) is 1.85. The Morgan fingerprint density at radius 1 is 1.78 bits per heavy atom. The molecular formula is C5H10NO2P. The van der Waals surface area contributed by atoms with Gasteiger partial charge in [0.05, 0.1) is 5.66 Å². The smallest absolute Gasteiger partial charge is 0.311 e. The molecular weight excluding hydrogens is 137 g/mol. The number of carboxylic acid groups (broad SMARTS) is 1. The number of rotatable bonds is 1. The second-order valence-corrected chi connectivity index (χ2v) is 3.44. The summed E-state index contributed by atoms with van der Waals surface area (Å²) in [5, 5.41) is 11.6. The molecule has 1 aliphatic heterocycles. The van der Waals surface area contributed by atoms with E-state index in [1.54, 1.807) is 0 Å². The zero-order valence-corrected chi connectivity index (χ0v) is 6.05. The molecule has 0 aromatic rings. The lowest BCUT2D eigenvalue weighted by atomic mass is 10.2. The van der Waals surface area contributed by atoms with E-state index in [4.69, 9.17) is 5.11 Å². The van der Waals surface area contributed by atoms with Crippen LogP contribution in [0.2, 0.25) is 0 Å². The summed E-state index contributed by atoms with van der Waals surface area (Å²) in [5.41, 5.74) is -0.112. The molecule has 0 aromatic heterocycles. The Morgan fingerprint density at radius 2 is 2.56 bits per heavy atom. The van der Waals surface area contributed by atoms with Crippen LogP contribution in [0.1, 0.15) is 12.8 Å².